The minimum Gasteiger partial charge on any atom is -0.402 e. The van der Waals surface area contributed by atoms with Crippen LogP contribution < -0.4 is 5.73 Å². The fourth-order valence-corrected chi connectivity index (χ4v) is 1.63. The Bertz CT molecular complexity index is 376. The van der Waals surface area contributed by atoms with Crippen LogP contribution >= 0.6 is 11.9 Å². The minimum atomic E-state index is 0.477. The third kappa shape index (κ3) is 4.53. The van der Waals surface area contributed by atoms with Gasteiger partial charge in [-0.05, 0) is 24.9 Å². The van der Waals surface area contributed by atoms with E-state index < -0.39 is 0 Å². The molecule has 0 bridgehead atoms. The highest BCUT2D eigenvalue weighted by Gasteiger charge is 2.01. The van der Waals surface area contributed by atoms with Gasteiger partial charge in [0, 0.05) is 16.5 Å². The van der Waals surface area contributed by atoms with Gasteiger partial charge in [0.25, 0.3) is 0 Å². The molecule has 0 aliphatic heterocycles. The quantitative estimate of drug-likeness (QED) is 0.640. The highest BCUT2D eigenvalue weighted by molar-refractivity contribution is 7.98. The molecule has 0 aliphatic carbocycles. The van der Waals surface area contributed by atoms with Crippen LogP contribution in [0.4, 0.5) is 0 Å². The van der Waals surface area contributed by atoms with E-state index in [2.05, 4.69) is 18.2 Å². The van der Waals surface area contributed by atoms with Gasteiger partial charge in [-0.25, -0.2) is 4.40 Å². The Kier molecular flexibility index (Phi) is 5.12. The van der Waals surface area contributed by atoms with Crippen molar-refractivity contribution in [3.8, 4) is 0 Å². The Morgan fingerprint density at radius 1 is 1.31 bits per heavy atom. The van der Waals surface area contributed by atoms with Crippen LogP contribution in [-0.4, -0.2) is 11.0 Å². The number of rotatable bonds is 4. The molecule has 0 spiro atoms. The third-order valence-electron chi connectivity index (χ3n) is 1.80. The number of allylic oxidation sites excluding steroid dienone is 2. The van der Waals surface area contributed by atoms with Gasteiger partial charge >= 0.3 is 0 Å². The molecule has 0 radical (unpaired) electrons. The Morgan fingerprint density at radius 2 is 1.94 bits per heavy atom. The van der Waals surface area contributed by atoms with Crippen molar-refractivity contribution in [2.75, 3.05) is 0 Å². The van der Waals surface area contributed by atoms with Gasteiger partial charge in [0.05, 0.1) is 5.71 Å². The van der Waals surface area contributed by atoms with Crippen LogP contribution in [-0.2, 0) is 0 Å². The predicted octanol–water partition coefficient (Wildman–Crippen LogP) is 3.39. The Morgan fingerprint density at radius 3 is 2.44 bits per heavy atom. The molecule has 0 fully saturated rings. The van der Waals surface area contributed by atoms with E-state index in [0.717, 1.165) is 17.0 Å². The standard InChI is InChI=1S/C13H18N2S/c1-10(2)16-15-13(9-11(3)14)12-7-5-4-6-8-12/h4-10H,14H2,1-3H3. The number of hydrogen-bond acceptors (Lipinski definition) is 3. The van der Waals surface area contributed by atoms with E-state index in [1.165, 1.54) is 0 Å². The maximum atomic E-state index is 5.71. The minimum absolute atomic E-state index is 0.477. The molecule has 1 aromatic rings. The first-order valence-electron chi connectivity index (χ1n) is 5.32. The van der Waals surface area contributed by atoms with Gasteiger partial charge in [-0.2, -0.15) is 0 Å². The zero-order valence-electron chi connectivity index (χ0n) is 9.97. The van der Waals surface area contributed by atoms with E-state index >= 15 is 0 Å². The summed E-state index contributed by atoms with van der Waals surface area (Å²) in [6.07, 6.45) is 1.91. The fraction of sp³-hybridized carbons (Fsp3) is 0.308. The van der Waals surface area contributed by atoms with Crippen LogP contribution in [0.5, 0.6) is 0 Å². The second kappa shape index (κ2) is 6.38. The number of nitrogens with two attached hydrogens (primary N) is 1. The molecular weight excluding hydrogens is 216 g/mol. The summed E-state index contributed by atoms with van der Waals surface area (Å²) in [7, 11) is 0. The van der Waals surface area contributed by atoms with Crippen LogP contribution in [0.3, 0.4) is 0 Å². The first-order valence-corrected chi connectivity index (χ1v) is 6.16. The van der Waals surface area contributed by atoms with Gasteiger partial charge < -0.3 is 5.73 Å². The average molecular weight is 234 g/mol. The molecule has 0 aliphatic rings. The molecule has 0 heterocycles. The first kappa shape index (κ1) is 12.8. The van der Waals surface area contributed by atoms with E-state index in [-0.39, 0.29) is 0 Å². The topological polar surface area (TPSA) is 38.4 Å². The smallest absolute Gasteiger partial charge is 0.0802 e. The molecule has 16 heavy (non-hydrogen) atoms. The van der Waals surface area contributed by atoms with Crippen LogP contribution in [0.25, 0.3) is 0 Å². The van der Waals surface area contributed by atoms with Crippen molar-refractivity contribution in [2.45, 2.75) is 26.0 Å². The average Bonchev–Trinajstić information content (AvgIpc) is 2.25. The first-order chi connectivity index (χ1) is 7.59. The molecule has 0 atom stereocenters. The van der Waals surface area contributed by atoms with Gasteiger partial charge in [0.1, 0.15) is 0 Å². The molecular formula is C13H18N2S. The Hall–Kier alpha value is -1.22. The monoisotopic (exact) mass is 234 g/mol. The van der Waals surface area contributed by atoms with E-state index in [0.29, 0.717) is 5.25 Å². The van der Waals surface area contributed by atoms with Gasteiger partial charge in [-0.15, -0.1) is 0 Å². The summed E-state index contributed by atoms with van der Waals surface area (Å²) in [5.74, 6) is 0. The van der Waals surface area contributed by atoms with Crippen molar-refractivity contribution in [3.63, 3.8) is 0 Å². The lowest BCUT2D eigenvalue weighted by atomic mass is 10.1. The van der Waals surface area contributed by atoms with E-state index in [1.54, 1.807) is 11.9 Å². The maximum absolute atomic E-state index is 5.71. The number of benzene rings is 1. The summed E-state index contributed by atoms with van der Waals surface area (Å²) in [5, 5.41) is 0.477. The molecule has 0 unspecified atom stereocenters. The van der Waals surface area contributed by atoms with Gasteiger partial charge in [-0.1, -0.05) is 44.2 Å². The maximum Gasteiger partial charge on any atom is 0.0802 e. The Balaban J connectivity index is 2.97. The summed E-state index contributed by atoms with van der Waals surface area (Å²) in [6.45, 7) is 6.12. The van der Waals surface area contributed by atoms with Crippen molar-refractivity contribution in [2.24, 2.45) is 10.1 Å². The molecule has 0 saturated heterocycles. The molecule has 2 nitrogen and oxygen atoms in total. The SMILES string of the molecule is CC(N)=CC(=NSC(C)C)c1ccccc1. The van der Waals surface area contributed by atoms with Crippen LogP contribution in [0, 0.1) is 0 Å². The number of hydrogen-bond donors (Lipinski definition) is 1. The largest absolute Gasteiger partial charge is 0.402 e. The summed E-state index contributed by atoms with van der Waals surface area (Å²) >= 11 is 1.56. The van der Waals surface area contributed by atoms with Crippen LogP contribution in [0.2, 0.25) is 0 Å². The second-order valence-electron chi connectivity index (χ2n) is 3.89. The zero-order chi connectivity index (χ0) is 12.0. The summed E-state index contributed by atoms with van der Waals surface area (Å²) in [6, 6.07) is 10.1. The van der Waals surface area contributed by atoms with Crippen molar-refractivity contribution in [1.29, 1.82) is 0 Å². The fourth-order valence-electron chi connectivity index (χ4n) is 1.15. The van der Waals surface area contributed by atoms with Gasteiger partial charge in [-0.3, -0.25) is 0 Å². The van der Waals surface area contributed by atoms with Crippen molar-refractivity contribution >= 4 is 17.7 Å². The number of nitrogens with zero attached hydrogens (tertiary/aromatic N) is 1. The van der Waals surface area contributed by atoms with E-state index in [4.69, 9.17) is 5.73 Å². The molecule has 0 amide bonds. The normalized spacial score (nSPS) is 13.2. The molecule has 0 saturated carbocycles. The van der Waals surface area contributed by atoms with Crippen LogP contribution in [0.1, 0.15) is 26.3 Å². The zero-order valence-corrected chi connectivity index (χ0v) is 10.8. The van der Waals surface area contributed by atoms with Crippen LogP contribution in [0.15, 0.2) is 46.5 Å². The predicted molar refractivity (Wildman–Crippen MR) is 73.7 cm³/mol. The van der Waals surface area contributed by atoms with E-state index in [9.17, 15) is 0 Å². The lowest BCUT2D eigenvalue weighted by Gasteiger charge is -2.04. The molecule has 0 aromatic heterocycles. The summed E-state index contributed by atoms with van der Waals surface area (Å²) in [5.41, 5.74) is 8.51. The van der Waals surface area contributed by atoms with Gasteiger partial charge in [0.15, 0.2) is 0 Å². The molecule has 2 N–H and O–H groups in total. The van der Waals surface area contributed by atoms with Crippen molar-refractivity contribution in [1.82, 2.24) is 0 Å². The highest BCUT2D eigenvalue weighted by atomic mass is 32.2. The summed E-state index contributed by atoms with van der Waals surface area (Å²) < 4.78 is 4.51. The summed E-state index contributed by atoms with van der Waals surface area (Å²) in [4.78, 5) is 0. The molecule has 1 rings (SSSR count). The van der Waals surface area contributed by atoms with Crippen molar-refractivity contribution < 1.29 is 0 Å². The lowest BCUT2D eigenvalue weighted by molar-refractivity contribution is 1.11. The molecule has 3 heteroatoms. The lowest BCUT2D eigenvalue weighted by Crippen LogP contribution is -2.01. The molecule has 1 aromatic carbocycles. The van der Waals surface area contributed by atoms with Crippen molar-refractivity contribution in [3.05, 3.63) is 47.7 Å². The second-order valence-corrected chi connectivity index (χ2v) is 5.22. The Labute approximate surface area is 102 Å². The highest BCUT2D eigenvalue weighted by Crippen LogP contribution is 2.14. The third-order valence-corrected chi connectivity index (χ3v) is 2.52. The van der Waals surface area contributed by atoms with E-state index in [1.807, 2.05) is 43.3 Å². The van der Waals surface area contributed by atoms with Gasteiger partial charge in [0.2, 0.25) is 0 Å². The molecule has 86 valence electrons.